The summed E-state index contributed by atoms with van der Waals surface area (Å²) in [4.78, 5) is 15.7. The molecule has 0 fully saturated rings. The number of nitrogens with two attached hydrogens (primary N) is 1. The summed E-state index contributed by atoms with van der Waals surface area (Å²) in [6.45, 7) is 3.74. The van der Waals surface area contributed by atoms with Crippen LogP contribution < -0.4 is 24.7 Å². The van der Waals surface area contributed by atoms with Crippen molar-refractivity contribution >= 4 is 5.82 Å². The number of aromatic nitrogens is 5. The van der Waals surface area contributed by atoms with Crippen LogP contribution in [0.4, 0.5) is 5.82 Å². The standard InChI is InChI=1S/C30H37N9O7/c1-39-19-23(16-36-39)26-17-34-29(31)30(37-26)46-21-24-15-27(40-2)28(18-33-24)45-20-22-3-5-25(6-4-22)44-14-13-43-12-11-42-10-9-41-8-7-35-38-32/h3-6,15-19H,7-14,20-21H2,1-2H3,(H2,31,34). The number of anilines is 1. The first-order chi connectivity index (χ1) is 22.6. The van der Waals surface area contributed by atoms with E-state index in [0.717, 1.165) is 16.9 Å². The molecule has 0 saturated heterocycles. The number of aryl methyl sites for hydroxylation is 1. The van der Waals surface area contributed by atoms with Crippen LogP contribution in [0, 0.1) is 0 Å². The number of methoxy groups -OCH3 is 1. The molecule has 46 heavy (non-hydrogen) atoms. The largest absolute Gasteiger partial charge is 0.493 e. The number of hydrogen-bond acceptors (Lipinski definition) is 13. The van der Waals surface area contributed by atoms with E-state index < -0.39 is 0 Å². The first-order valence-corrected chi connectivity index (χ1v) is 14.4. The van der Waals surface area contributed by atoms with Gasteiger partial charge in [0.05, 0.1) is 76.7 Å². The van der Waals surface area contributed by atoms with Gasteiger partial charge in [-0.15, -0.1) is 0 Å². The van der Waals surface area contributed by atoms with Crippen LogP contribution in [0.2, 0.25) is 0 Å². The molecule has 0 aliphatic rings. The number of nitrogens with zero attached hydrogens (tertiary/aromatic N) is 8. The molecular formula is C30H37N9O7. The molecule has 0 bridgehead atoms. The van der Waals surface area contributed by atoms with Gasteiger partial charge in [0, 0.05) is 36.3 Å². The zero-order valence-corrected chi connectivity index (χ0v) is 25.8. The minimum atomic E-state index is 0.101. The summed E-state index contributed by atoms with van der Waals surface area (Å²) in [6, 6.07) is 9.33. The number of pyridine rings is 1. The van der Waals surface area contributed by atoms with E-state index in [4.69, 9.17) is 44.4 Å². The Morgan fingerprint density at radius 3 is 2.28 bits per heavy atom. The fourth-order valence-corrected chi connectivity index (χ4v) is 3.89. The quantitative estimate of drug-likeness (QED) is 0.0603. The normalized spacial score (nSPS) is 10.7. The number of ether oxygens (including phenoxy) is 7. The highest BCUT2D eigenvalue weighted by molar-refractivity contribution is 5.58. The summed E-state index contributed by atoms with van der Waals surface area (Å²) >= 11 is 0. The highest BCUT2D eigenvalue weighted by Crippen LogP contribution is 2.29. The van der Waals surface area contributed by atoms with Gasteiger partial charge in [-0.25, -0.2) is 9.97 Å². The molecule has 0 aliphatic heterocycles. The Kier molecular flexibility index (Phi) is 13.6. The van der Waals surface area contributed by atoms with E-state index in [9.17, 15) is 0 Å². The van der Waals surface area contributed by atoms with Crippen molar-refractivity contribution < 1.29 is 33.2 Å². The van der Waals surface area contributed by atoms with Crippen molar-refractivity contribution in [3.05, 3.63) is 76.8 Å². The molecule has 0 aliphatic carbocycles. The van der Waals surface area contributed by atoms with Gasteiger partial charge in [0.25, 0.3) is 5.88 Å². The van der Waals surface area contributed by atoms with E-state index in [0.29, 0.717) is 82.3 Å². The maximum atomic E-state index is 8.18. The molecule has 3 aromatic heterocycles. The molecule has 244 valence electrons. The van der Waals surface area contributed by atoms with Crippen molar-refractivity contribution in [3.63, 3.8) is 0 Å². The number of nitrogen functional groups attached to an aromatic ring is 1. The Balaban J connectivity index is 1.14. The number of rotatable bonds is 21. The van der Waals surface area contributed by atoms with Crippen LogP contribution in [-0.4, -0.2) is 84.6 Å². The Hall–Kier alpha value is -5.15. The SMILES string of the molecule is COc1cc(COc2nc(-c3cnn(C)c3)cnc2N)ncc1OCc1ccc(OCCOCCOCCOCCN=[N+]=[N-])cc1. The van der Waals surface area contributed by atoms with Gasteiger partial charge in [0.15, 0.2) is 17.3 Å². The second-order valence-corrected chi connectivity index (χ2v) is 9.54. The Morgan fingerprint density at radius 1 is 0.848 bits per heavy atom. The summed E-state index contributed by atoms with van der Waals surface area (Å²) in [6.07, 6.45) is 6.67. The minimum absolute atomic E-state index is 0.101. The van der Waals surface area contributed by atoms with Gasteiger partial charge in [0.1, 0.15) is 25.6 Å². The lowest BCUT2D eigenvalue weighted by Crippen LogP contribution is -2.13. The van der Waals surface area contributed by atoms with Gasteiger partial charge >= 0.3 is 0 Å². The molecule has 0 radical (unpaired) electrons. The third-order valence-electron chi connectivity index (χ3n) is 6.19. The fraction of sp³-hybridized carbons (Fsp3) is 0.400. The highest BCUT2D eigenvalue weighted by Gasteiger charge is 2.12. The van der Waals surface area contributed by atoms with Crippen molar-refractivity contribution in [1.29, 1.82) is 0 Å². The smallest absolute Gasteiger partial charge is 0.258 e. The van der Waals surface area contributed by atoms with Gasteiger partial charge in [0.2, 0.25) is 0 Å². The minimum Gasteiger partial charge on any atom is -0.493 e. The molecule has 4 rings (SSSR count). The Bertz CT molecular complexity index is 1550. The average molecular weight is 636 g/mol. The van der Waals surface area contributed by atoms with Crippen LogP contribution in [0.25, 0.3) is 21.7 Å². The van der Waals surface area contributed by atoms with E-state index in [2.05, 4.69) is 30.1 Å². The Labute approximate surface area is 266 Å². The third-order valence-corrected chi connectivity index (χ3v) is 6.19. The van der Waals surface area contributed by atoms with Gasteiger partial charge in [-0.1, -0.05) is 17.2 Å². The molecule has 0 spiro atoms. The maximum absolute atomic E-state index is 8.18. The summed E-state index contributed by atoms with van der Waals surface area (Å²) in [5.74, 6) is 2.10. The predicted molar refractivity (Wildman–Crippen MR) is 167 cm³/mol. The molecule has 2 N–H and O–H groups in total. The summed E-state index contributed by atoms with van der Waals surface area (Å²) in [5.41, 5.74) is 17.1. The van der Waals surface area contributed by atoms with Crippen molar-refractivity contribution in [2.45, 2.75) is 13.2 Å². The average Bonchev–Trinajstić information content (AvgIpc) is 3.52. The monoisotopic (exact) mass is 635 g/mol. The van der Waals surface area contributed by atoms with E-state index in [1.165, 1.54) is 0 Å². The molecule has 0 unspecified atom stereocenters. The zero-order valence-electron chi connectivity index (χ0n) is 25.8. The molecule has 16 nitrogen and oxygen atoms in total. The molecule has 4 aromatic rings. The summed E-state index contributed by atoms with van der Waals surface area (Å²) < 4.78 is 40.9. The van der Waals surface area contributed by atoms with Crippen LogP contribution in [-0.2, 0) is 34.5 Å². The van der Waals surface area contributed by atoms with E-state index in [-0.39, 0.29) is 18.3 Å². The van der Waals surface area contributed by atoms with Crippen LogP contribution in [0.5, 0.6) is 23.1 Å². The second-order valence-electron chi connectivity index (χ2n) is 9.54. The van der Waals surface area contributed by atoms with Gasteiger partial charge in [-0.2, -0.15) is 5.10 Å². The molecule has 3 heterocycles. The molecule has 0 saturated carbocycles. The lowest BCUT2D eigenvalue weighted by Gasteiger charge is -2.13. The van der Waals surface area contributed by atoms with Crippen LogP contribution in [0.3, 0.4) is 0 Å². The van der Waals surface area contributed by atoms with Gasteiger partial charge in [-0.3, -0.25) is 9.67 Å². The van der Waals surface area contributed by atoms with E-state index >= 15 is 0 Å². The molecule has 1 aromatic carbocycles. The number of benzene rings is 1. The summed E-state index contributed by atoms with van der Waals surface area (Å²) in [5, 5.41) is 7.54. The van der Waals surface area contributed by atoms with Gasteiger partial charge in [-0.05, 0) is 23.2 Å². The van der Waals surface area contributed by atoms with Crippen LogP contribution in [0.1, 0.15) is 11.3 Å². The third kappa shape index (κ3) is 11.1. The van der Waals surface area contributed by atoms with Gasteiger partial charge < -0.3 is 38.9 Å². The predicted octanol–water partition coefficient (Wildman–Crippen LogP) is 3.76. The lowest BCUT2D eigenvalue weighted by atomic mass is 10.2. The van der Waals surface area contributed by atoms with Crippen LogP contribution in [0.15, 0.2) is 60.2 Å². The first-order valence-electron chi connectivity index (χ1n) is 14.4. The lowest BCUT2D eigenvalue weighted by molar-refractivity contribution is 0.0106. The summed E-state index contributed by atoms with van der Waals surface area (Å²) in [7, 11) is 3.38. The van der Waals surface area contributed by atoms with Crippen molar-refractivity contribution in [1.82, 2.24) is 24.7 Å². The number of azide groups is 1. The molecule has 0 atom stereocenters. The maximum Gasteiger partial charge on any atom is 0.258 e. The highest BCUT2D eigenvalue weighted by atomic mass is 16.6. The second kappa shape index (κ2) is 18.6. The van der Waals surface area contributed by atoms with Crippen molar-refractivity contribution in [3.8, 4) is 34.4 Å². The van der Waals surface area contributed by atoms with Crippen molar-refractivity contribution in [2.75, 3.05) is 65.6 Å². The van der Waals surface area contributed by atoms with E-state index in [1.807, 2.05) is 37.5 Å². The fourth-order valence-electron chi connectivity index (χ4n) is 3.89. The topological polar surface area (TPSA) is 196 Å². The van der Waals surface area contributed by atoms with Crippen LogP contribution >= 0.6 is 0 Å². The van der Waals surface area contributed by atoms with Crippen molar-refractivity contribution in [2.24, 2.45) is 12.2 Å². The Morgan fingerprint density at radius 2 is 1.59 bits per heavy atom. The first kappa shape index (κ1) is 33.7. The molecule has 0 amide bonds. The van der Waals surface area contributed by atoms with E-state index in [1.54, 1.807) is 36.4 Å². The zero-order chi connectivity index (χ0) is 32.4. The molecular weight excluding hydrogens is 598 g/mol. The molecule has 16 heteroatoms. The number of hydrogen-bond donors (Lipinski definition) is 1.